The third-order valence-corrected chi connectivity index (χ3v) is 8.09. The van der Waals surface area contributed by atoms with Crippen LogP contribution in [0.5, 0.6) is 11.5 Å². The van der Waals surface area contributed by atoms with Gasteiger partial charge in [0, 0.05) is 22.6 Å². The fourth-order valence-corrected chi connectivity index (χ4v) is 5.50. The maximum atomic E-state index is 12.6. The van der Waals surface area contributed by atoms with Crippen LogP contribution in [0.4, 0.5) is 0 Å². The summed E-state index contributed by atoms with van der Waals surface area (Å²) in [6.07, 6.45) is 6.05. The molecule has 11 heteroatoms. The lowest BCUT2D eigenvalue weighted by molar-refractivity contribution is -0.206. The summed E-state index contributed by atoms with van der Waals surface area (Å²) < 4.78 is 34.3. The molecule has 1 unspecified atom stereocenters. The van der Waals surface area contributed by atoms with Gasteiger partial charge in [-0.2, -0.15) is 0 Å². The monoisotopic (exact) mass is 632 g/mol. The SMILES string of the molecule is Cc1cc(OC(COC(=O)C(C)(C)C)(COC(=O)C(C)(C)C)O[P+](=O)O)cc(C)c1Cc1ccc(O)c(C2CCCCC2)n1. The zero-order valence-corrected chi connectivity index (χ0v) is 28.1. The van der Waals surface area contributed by atoms with Gasteiger partial charge < -0.3 is 19.3 Å². The Balaban J connectivity index is 1.92. The van der Waals surface area contributed by atoms with Crippen molar-refractivity contribution < 1.29 is 42.9 Å². The molecule has 2 aromatic rings. The minimum absolute atomic E-state index is 0.232. The van der Waals surface area contributed by atoms with Crippen LogP contribution < -0.4 is 4.74 Å². The second-order valence-electron chi connectivity index (χ2n) is 13.7. The molecule has 1 aliphatic rings. The van der Waals surface area contributed by atoms with Crippen molar-refractivity contribution in [1.82, 2.24) is 4.98 Å². The average molecular weight is 633 g/mol. The number of carbonyl (C=O) groups is 2. The van der Waals surface area contributed by atoms with E-state index in [0.29, 0.717) is 6.42 Å². The summed E-state index contributed by atoms with van der Waals surface area (Å²) in [5.74, 6) is -2.54. The third kappa shape index (κ3) is 9.71. The molecule has 242 valence electrons. The molecule has 0 amide bonds. The second-order valence-corrected chi connectivity index (χ2v) is 14.4. The fraction of sp³-hybridized carbons (Fsp3) is 0.606. The summed E-state index contributed by atoms with van der Waals surface area (Å²) in [7, 11) is -3.26. The number of hydrogen-bond donors (Lipinski definition) is 2. The lowest BCUT2D eigenvalue weighted by Crippen LogP contribution is -2.49. The van der Waals surface area contributed by atoms with Crippen molar-refractivity contribution in [3.63, 3.8) is 0 Å². The van der Waals surface area contributed by atoms with Crippen LogP contribution in [0.3, 0.4) is 0 Å². The first kappa shape index (κ1) is 35.4. The normalized spacial score (nSPS) is 15.1. The van der Waals surface area contributed by atoms with Gasteiger partial charge in [0.05, 0.1) is 16.5 Å². The Morgan fingerprint density at radius 3 is 1.91 bits per heavy atom. The Bertz CT molecular complexity index is 1300. The molecular weight excluding hydrogens is 585 g/mol. The predicted molar refractivity (Wildman–Crippen MR) is 166 cm³/mol. The molecule has 0 aliphatic heterocycles. The molecule has 2 N–H and O–H groups in total. The highest BCUT2D eigenvalue weighted by Crippen LogP contribution is 2.37. The van der Waals surface area contributed by atoms with Gasteiger partial charge in [0.15, 0.2) is 13.2 Å². The van der Waals surface area contributed by atoms with Gasteiger partial charge in [-0.1, -0.05) is 23.8 Å². The number of aromatic hydroxyl groups is 1. The first-order valence-electron chi connectivity index (χ1n) is 15.1. The summed E-state index contributed by atoms with van der Waals surface area (Å²) >= 11 is 0. The van der Waals surface area contributed by atoms with E-state index in [1.165, 1.54) is 6.42 Å². The Morgan fingerprint density at radius 1 is 0.909 bits per heavy atom. The van der Waals surface area contributed by atoms with Gasteiger partial charge in [-0.05, 0) is 109 Å². The fourth-order valence-electron chi connectivity index (χ4n) is 5.07. The number of hydrogen-bond acceptors (Lipinski definition) is 9. The molecule has 1 aliphatic carbocycles. The van der Waals surface area contributed by atoms with Gasteiger partial charge >= 0.3 is 26.0 Å². The molecule has 1 aromatic heterocycles. The summed E-state index contributed by atoms with van der Waals surface area (Å²) in [6, 6.07) is 7.03. The zero-order chi connectivity index (χ0) is 32.9. The molecule has 44 heavy (non-hydrogen) atoms. The van der Waals surface area contributed by atoms with Gasteiger partial charge in [-0.3, -0.25) is 14.6 Å². The van der Waals surface area contributed by atoms with Crippen molar-refractivity contribution in [1.29, 1.82) is 0 Å². The van der Waals surface area contributed by atoms with E-state index in [0.717, 1.165) is 53.8 Å². The Morgan fingerprint density at radius 2 is 1.43 bits per heavy atom. The summed E-state index contributed by atoms with van der Waals surface area (Å²) in [4.78, 5) is 39.9. The zero-order valence-electron chi connectivity index (χ0n) is 27.2. The van der Waals surface area contributed by atoms with Gasteiger partial charge in [-0.15, -0.1) is 4.89 Å². The number of aromatic nitrogens is 1. The smallest absolute Gasteiger partial charge is 0.506 e. The quantitative estimate of drug-likeness (QED) is 0.152. The molecule has 10 nitrogen and oxygen atoms in total. The van der Waals surface area contributed by atoms with Gasteiger partial charge in [0.2, 0.25) is 0 Å². The highest BCUT2D eigenvalue weighted by Gasteiger charge is 2.48. The number of carbonyl (C=O) groups excluding carboxylic acids is 2. The number of rotatable bonds is 11. The van der Waals surface area contributed by atoms with Crippen molar-refractivity contribution in [2.45, 2.75) is 106 Å². The van der Waals surface area contributed by atoms with Crippen LogP contribution in [-0.2, 0) is 34.6 Å². The summed E-state index contributed by atoms with van der Waals surface area (Å²) in [5.41, 5.74) is 2.56. The van der Waals surface area contributed by atoms with Crippen LogP contribution >= 0.6 is 8.25 Å². The van der Waals surface area contributed by atoms with Crippen molar-refractivity contribution in [3.8, 4) is 11.5 Å². The number of nitrogens with zero attached hydrogens (tertiary/aromatic N) is 1. The lowest BCUT2D eigenvalue weighted by Gasteiger charge is -2.30. The molecule has 1 atom stereocenters. The Hall–Kier alpha value is -3.07. The Kier molecular flexibility index (Phi) is 11.6. The average Bonchev–Trinajstić information content (AvgIpc) is 2.92. The highest BCUT2D eigenvalue weighted by molar-refractivity contribution is 7.32. The van der Waals surface area contributed by atoms with Crippen molar-refractivity contribution >= 4 is 20.2 Å². The second kappa shape index (κ2) is 14.4. The molecule has 1 aromatic carbocycles. The molecule has 0 bridgehead atoms. The van der Waals surface area contributed by atoms with Crippen LogP contribution in [0, 0.1) is 24.7 Å². The standard InChI is InChI=1S/C33H46NO9P/c1-21-16-25(17-22(2)26(21)18-24-14-15-27(35)28(34-24)23-12-10-9-11-13-23)42-33(43-44(38)39,19-40-29(36)31(3,4)5)20-41-30(37)32(6,7)8/h14-17,23H,9-13,18-20H2,1-8H3,(H-,35,38,39)/p+1. The number of aryl methyl sites for hydroxylation is 2. The first-order valence-corrected chi connectivity index (χ1v) is 16.2. The summed E-state index contributed by atoms with van der Waals surface area (Å²) in [5, 5.41) is 10.5. The van der Waals surface area contributed by atoms with E-state index in [9.17, 15) is 24.2 Å². The Labute approximate surface area is 261 Å². The van der Waals surface area contributed by atoms with Crippen molar-refractivity contribution in [3.05, 3.63) is 52.3 Å². The highest BCUT2D eigenvalue weighted by atomic mass is 31.1. The maximum Gasteiger partial charge on any atom is 0.699 e. The largest absolute Gasteiger partial charge is 0.699 e. The van der Waals surface area contributed by atoms with E-state index in [1.807, 2.05) is 19.9 Å². The molecule has 1 fully saturated rings. The minimum atomic E-state index is -3.26. The van der Waals surface area contributed by atoms with Gasteiger partial charge in [0.1, 0.15) is 11.5 Å². The van der Waals surface area contributed by atoms with Crippen LogP contribution in [0.2, 0.25) is 0 Å². The predicted octanol–water partition coefficient (Wildman–Crippen LogP) is 6.96. The number of benzene rings is 1. The minimum Gasteiger partial charge on any atom is -0.506 e. The number of esters is 2. The molecular formula is C33H47NO9P+. The molecule has 0 spiro atoms. The van der Waals surface area contributed by atoms with Crippen LogP contribution in [0.1, 0.15) is 108 Å². The van der Waals surface area contributed by atoms with Crippen molar-refractivity contribution in [2.24, 2.45) is 10.8 Å². The lowest BCUT2D eigenvalue weighted by atomic mass is 9.86. The van der Waals surface area contributed by atoms with E-state index in [2.05, 4.69) is 0 Å². The molecule has 1 heterocycles. The molecule has 1 saturated carbocycles. The molecule has 0 radical (unpaired) electrons. The van der Waals surface area contributed by atoms with E-state index >= 15 is 0 Å². The van der Waals surface area contributed by atoms with Gasteiger partial charge in [0.25, 0.3) is 0 Å². The van der Waals surface area contributed by atoms with Gasteiger partial charge in [-0.25, -0.2) is 0 Å². The maximum absolute atomic E-state index is 12.6. The topological polar surface area (TPSA) is 141 Å². The van der Waals surface area contributed by atoms with E-state index in [1.54, 1.807) is 59.7 Å². The van der Waals surface area contributed by atoms with Crippen LogP contribution in [0.25, 0.3) is 0 Å². The van der Waals surface area contributed by atoms with Crippen LogP contribution in [0.15, 0.2) is 24.3 Å². The van der Waals surface area contributed by atoms with E-state index in [-0.39, 0.29) is 17.4 Å². The molecule has 3 rings (SSSR count). The number of pyridine rings is 1. The number of ether oxygens (including phenoxy) is 3. The first-order chi connectivity index (χ1) is 20.4. The summed E-state index contributed by atoms with van der Waals surface area (Å²) in [6.45, 7) is 12.6. The molecule has 0 saturated heterocycles. The van der Waals surface area contributed by atoms with Crippen molar-refractivity contribution in [2.75, 3.05) is 13.2 Å². The van der Waals surface area contributed by atoms with E-state index < -0.39 is 50.0 Å². The van der Waals surface area contributed by atoms with Crippen LogP contribution in [-0.4, -0.2) is 45.9 Å². The third-order valence-electron chi connectivity index (χ3n) is 7.60. The van der Waals surface area contributed by atoms with E-state index in [4.69, 9.17) is 23.7 Å².